The number of likely N-dealkylation sites (tertiary alicyclic amines) is 1. The molecule has 0 radical (unpaired) electrons. The Labute approximate surface area is 153 Å². The Hall–Kier alpha value is -1.66. The summed E-state index contributed by atoms with van der Waals surface area (Å²) in [7, 11) is 0. The van der Waals surface area contributed by atoms with Crippen LogP contribution >= 0.6 is 11.3 Å². The lowest BCUT2D eigenvalue weighted by atomic mass is 10.0. The molecule has 5 nitrogen and oxygen atoms in total. The smallest absolute Gasteiger partial charge is 0.319 e. The van der Waals surface area contributed by atoms with Crippen LogP contribution in [0.15, 0.2) is 18.2 Å². The Morgan fingerprint density at radius 1 is 1.24 bits per heavy atom. The van der Waals surface area contributed by atoms with Gasteiger partial charge in [-0.15, -0.1) is 11.3 Å². The molecule has 0 bridgehead atoms. The standard InChI is InChI=1S/C19H28N4OS/c1-12(2)18-22-16-6-5-15(11-17(16)25-18)21-19(24)20-14-7-9-23(10-8-14)13(3)4/h5-6,11-14H,7-10H2,1-4H3,(H2,20,21,24). The number of anilines is 1. The van der Waals surface area contributed by atoms with E-state index in [0.717, 1.165) is 46.8 Å². The molecule has 1 aromatic heterocycles. The zero-order valence-corrected chi connectivity index (χ0v) is 16.3. The number of fused-ring (bicyclic) bond motifs is 1. The fraction of sp³-hybridized carbons (Fsp3) is 0.579. The van der Waals surface area contributed by atoms with E-state index >= 15 is 0 Å². The number of nitrogens with zero attached hydrogens (tertiary/aromatic N) is 2. The lowest BCUT2D eigenvalue weighted by Gasteiger charge is -2.34. The Kier molecular flexibility index (Phi) is 5.59. The number of hydrogen-bond donors (Lipinski definition) is 2. The average Bonchev–Trinajstić information content (AvgIpc) is 2.99. The number of benzene rings is 1. The fourth-order valence-electron chi connectivity index (χ4n) is 3.18. The largest absolute Gasteiger partial charge is 0.335 e. The Morgan fingerprint density at radius 3 is 2.60 bits per heavy atom. The van der Waals surface area contributed by atoms with E-state index in [4.69, 9.17) is 0 Å². The number of carbonyl (C=O) groups is 1. The van der Waals surface area contributed by atoms with Gasteiger partial charge in [-0.2, -0.15) is 0 Å². The summed E-state index contributed by atoms with van der Waals surface area (Å²) >= 11 is 1.70. The zero-order chi connectivity index (χ0) is 18.0. The van der Waals surface area contributed by atoms with Crippen LogP contribution in [-0.2, 0) is 0 Å². The molecular weight excluding hydrogens is 332 g/mol. The van der Waals surface area contributed by atoms with Crippen LogP contribution < -0.4 is 10.6 Å². The molecule has 0 spiro atoms. The second kappa shape index (κ2) is 7.70. The Bertz CT molecular complexity index is 732. The molecule has 2 aromatic rings. The molecule has 2 N–H and O–H groups in total. The Morgan fingerprint density at radius 2 is 1.96 bits per heavy atom. The van der Waals surface area contributed by atoms with E-state index in [9.17, 15) is 4.79 Å². The molecule has 1 saturated heterocycles. The van der Waals surface area contributed by atoms with E-state index in [2.05, 4.69) is 48.2 Å². The van der Waals surface area contributed by atoms with Gasteiger partial charge in [0.1, 0.15) is 0 Å². The number of piperidine rings is 1. The van der Waals surface area contributed by atoms with Crippen molar-refractivity contribution in [3.8, 4) is 0 Å². The second-order valence-corrected chi connectivity index (χ2v) is 8.45. The van der Waals surface area contributed by atoms with Gasteiger partial charge in [0.05, 0.1) is 15.2 Å². The summed E-state index contributed by atoms with van der Waals surface area (Å²) in [6.07, 6.45) is 2.02. The lowest BCUT2D eigenvalue weighted by Crippen LogP contribution is -2.47. The number of amides is 2. The molecular formula is C19H28N4OS. The van der Waals surface area contributed by atoms with Crippen LogP contribution in [0, 0.1) is 0 Å². The average molecular weight is 361 g/mol. The molecule has 2 heterocycles. The molecule has 3 rings (SSSR count). The quantitative estimate of drug-likeness (QED) is 0.849. The van der Waals surface area contributed by atoms with Crippen molar-refractivity contribution in [2.45, 2.75) is 58.5 Å². The molecule has 25 heavy (non-hydrogen) atoms. The van der Waals surface area contributed by atoms with Gasteiger partial charge in [-0.25, -0.2) is 9.78 Å². The fourth-order valence-corrected chi connectivity index (χ4v) is 4.19. The zero-order valence-electron chi connectivity index (χ0n) is 15.5. The van der Waals surface area contributed by atoms with Crippen LogP contribution in [0.25, 0.3) is 10.2 Å². The number of carbonyl (C=O) groups excluding carboxylic acids is 1. The predicted octanol–water partition coefficient (Wildman–Crippen LogP) is 4.41. The van der Waals surface area contributed by atoms with Gasteiger partial charge in [0.15, 0.2) is 0 Å². The molecule has 136 valence electrons. The van der Waals surface area contributed by atoms with Crippen LogP contribution in [0.1, 0.15) is 51.5 Å². The molecule has 0 unspecified atom stereocenters. The summed E-state index contributed by atoms with van der Waals surface area (Å²) in [6.45, 7) is 10.8. The van der Waals surface area contributed by atoms with Gasteiger partial charge >= 0.3 is 6.03 Å². The number of rotatable bonds is 4. The van der Waals surface area contributed by atoms with Crippen LogP contribution in [0.5, 0.6) is 0 Å². The van der Waals surface area contributed by atoms with Gasteiger partial charge in [-0.1, -0.05) is 13.8 Å². The van der Waals surface area contributed by atoms with Gasteiger partial charge in [0, 0.05) is 36.8 Å². The van der Waals surface area contributed by atoms with Crippen molar-refractivity contribution in [2.75, 3.05) is 18.4 Å². The maximum Gasteiger partial charge on any atom is 0.319 e. The van der Waals surface area contributed by atoms with Crippen molar-refractivity contribution in [1.29, 1.82) is 0 Å². The molecule has 1 aliphatic heterocycles. The second-order valence-electron chi connectivity index (χ2n) is 7.39. The molecule has 0 saturated carbocycles. The molecule has 0 atom stereocenters. The van der Waals surface area contributed by atoms with E-state index in [-0.39, 0.29) is 12.1 Å². The number of hydrogen-bond acceptors (Lipinski definition) is 4. The van der Waals surface area contributed by atoms with E-state index in [1.165, 1.54) is 0 Å². The van der Waals surface area contributed by atoms with E-state index in [1.807, 2.05) is 18.2 Å². The summed E-state index contributed by atoms with van der Waals surface area (Å²) in [5, 5.41) is 7.21. The van der Waals surface area contributed by atoms with Gasteiger partial charge in [0.25, 0.3) is 0 Å². The van der Waals surface area contributed by atoms with Crippen molar-refractivity contribution in [2.24, 2.45) is 0 Å². The van der Waals surface area contributed by atoms with Gasteiger partial charge in [-0.05, 0) is 44.9 Å². The van der Waals surface area contributed by atoms with Crippen molar-refractivity contribution in [1.82, 2.24) is 15.2 Å². The van der Waals surface area contributed by atoms with Crippen molar-refractivity contribution in [3.63, 3.8) is 0 Å². The summed E-state index contributed by atoms with van der Waals surface area (Å²) < 4.78 is 1.12. The third kappa shape index (κ3) is 4.50. The highest BCUT2D eigenvalue weighted by atomic mass is 32.1. The predicted molar refractivity (Wildman–Crippen MR) is 106 cm³/mol. The molecule has 0 aliphatic carbocycles. The van der Waals surface area contributed by atoms with Crippen LogP contribution in [-0.4, -0.2) is 41.1 Å². The molecule has 2 amide bonds. The van der Waals surface area contributed by atoms with Crippen LogP contribution in [0.2, 0.25) is 0 Å². The van der Waals surface area contributed by atoms with Crippen molar-refractivity contribution in [3.05, 3.63) is 23.2 Å². The third-order valence-electron chi connectivity index (χ3n) is 4.75. The first-order valence-electron chi connectivity index (χ1n) is 9.14. The minimum atomic E-state index is -0.115. The first-order chi connectivity index (χ1) is 11.9. The highest BCUT2D eigenvalue weighted by Crippen LogP contribution is 2.29. The maximum absolute atomic E-state index is 12.3. The normalized spacial score (nSPS) is 16.7. The highest BCUT2D eigenvalue weighted by Gasteiger charge is 2.22. The van der Waals surface area contributed by atoms with Crippen LogP contribution in [0.3, 0.4) is 0 Å². The molecule has 1 aromatic carbocycles. The Balaban J connectivity index is 1.57. The first kappa shape index (κ1) is 18.1. The van der Waals surface area contributed by atoms with E-state index in [1.54, 1.807) is 11.3 Å². The lowest BCUT2D eigenvalue weighted by molar-refractivity contribution is 0.163. The third-order valence-corrected chi connectivity index (χ3v) is 6.07. The number of aromatic nitrogens is 1. The SMILES string of the molecule is CC(C)c1nc2ccc(NC(=O)NC3CCN(C(C)C)CC3)cc2s1. The number of nitrogens with one attached hydrogen (secondary N) is 2. The van der Waals surface area contributed by atoms with E-state index in [0.29, 0.717) is 12.0 Å². The summed E-state index contributed by atoms with van der Waals surface area (Å²) in [6, 6.07) is 6.64. The first-order valence-corrected chi connectivity index (χ1v) is 9.96. The minimum Gasteiger partial charge on any atom is -0.335 e. The number of thiazole rings is 1. The topological polar surface area (TPSA) is 57.3 Å². The summed E-state index contributed by atoms with van der Waals surface area (Å²) in [5.74, 6) is 0.425. The monoisotopic (exact) mass is 360 g/mol. The molecule has 6 heteroatoms. The maximum atomic E-state index is 12.3. The van der Waals surface area contributed by atoms with E-state index < -0.39 is 0 Å². The summed E-state index contributed by atoms with van der Waals surface area (Å²) in [4.78, 5) is 19.4. The molecule has 1 fully saturated rings. The van der Waals surface area contributed by atoms with Gasteiger partial charge in [-0.3, -0.25) is 0 Å². The molecule has 1 aliphatic rings. The van der Waals surface area contributed by atoms with Gasteiger partial charge < -0.3 is 15.5 Å². The van der Waals surface area contributed by atoms with Crippen LogP contribution in [0.4, 0.5) is 10.5 Å². The highest BCUT2D eigenvalue weighted by molar-refractivity contribution is 7.18. The summed E-state index contributed by atoms with van der Waals surface area (Å²) in [5.41, 5.74) is 1.82. The minimum absolute atomic E-state index is 0.115. The number of urea groups is 1. The van der Waals surface area contributed by atoms with Gasteiger partial charge in [0.2, 0.25) is 0 Å². The van der Waals surface area contributed by atoms with Crippen molar-refractivity contribution >= 4 is 33.3 Å². The van der Waals surface area contributed by atoms with Crippen molar-refractivity contribution < 1.29 is 4.79 Å².